The SMILES string of the molecule is c1cc(-c2nccn2CCN2CCCCC2)n2nccc2c1. The van der Waals surface area contributed by atoms with E-state index in [1.54, 1.807) is 0 Å². The van der Waals surface area contributed by atoms with E-state index >= 15 is 0 Å². The lowest BCUT2D eigenvalue weighted by atomic mass is 10.1. The third-order valence-corrected chi connectivity index (χ3v) is 4.47. The summed E-state index contributed by atoms with van der Waals surface area (Å²) in [6.07, 6.45) is 9.84. The Kier molecular flexibility index (Phi) is 3.64. The van der Waals surface area contributed by atoms with Crippen molar-refractivity contribution >= 4 is 5.52 Å². The lowest BCUT2D eigenvalue weighted by molar-refractivity contribution is 0.221. The highest BCUT2D eigenvalue weighted by atomic mass is 15.2. The number of hydrogen-bond acceptors (Lipinski definition) is 3. The van der Waals surface area contributed by atoms with Gasteiger partial charge in [0.2, 0.25) is 0 Å². The molecular weight excluding hydrogens is 274 g/mol. The van der Waals surface area contributed by atoms with Crippen LogP contribution in [0.2, 0.25) is 0 Å². The number of piperidine rings is 1. The first-order chi connectivity index (χ1) is 10.9. The Labute approximate surface area is 130 Å². The molecule has 0 N–H and O–H groups in total. The van der Waals surface area contributed by atoms with Crippen LogP contribution < -0.4 is 0 Å². The van der Waals surface area contributed by atoms with Crippen LogP contribution in [0.15, 0.2) is 42.9 Å². The molecule has 1 aliphatic heterocycles. The molecule has 0 aromatic carbocycles. The quantitative estimate of drug-likeness (QED) is 0.743. The van der Waals surface area contributed by atoms with E-state index in [0.717, 1.165) is 30.1 Å². The molecule has 1 saturated heterocycles. The van der Waals surface area contributed by atoms with Crippen molar-refractivity contribution < 1.29 is 0 Å². The molecule has 1 fully saturated rings. The van der Waals surface area contributed by atoms with Crippen molar-refractivity contribution in [3.63, 3.8) is 0 Å². The van der Waals surface area contributed by atoms with Gasteiger partial charge in [-0.15, -0.1) is 0 Å². The van der Waals surface area contributed by atoms with Crippen LogP contribution in [-0.4, -0.2) is 43.7 Å². The Hall–Kier alpha value is -2.14. The third kappa shape index (κ3) is 2.52. The number of imidazole rings is 1. The number of aromatic nitrogens is 4. The van der Waals surface area contributed by atoms with Gasteiger partial charge in [-0.2, -0.15) is 5.10 Å². The van der Waals surface area contributed by atoms with Crippen molar-refractivity contribution in [3.05, 3.63) is 42.9 Å². The molecule has 114 valence electrons. The first kappa shape index (κ1) is 13.5. The minimum absolute atomic E-state index is 0.979. The zero-order chi connectivity index (χ0) is 14.8. The first-order valence-corrected chi connectivity index (χ1v) is 8.08. The van der Waals surface area contributed by atoms with Crippen molar-refractivity contribution in [1.82, 2.24) is 24.1 Å². The van der Waals surface area contributed by atoms with E-state index in [2.05, 4.69) is 43.9 Å². The van der Waals surface area contributed by atoms with Crippen LogP contribution in [0.1, 0.15) is 19.3 Å². The van der Waals surface area contributed by atoms with E-state index in [4.69, 9.17) is 0 Å². The molecule has 5 heteroatoms. The van der Waals surface area contributed by atoms with Crippen molar-refractivity contribution in [2.24, 2.45) is 0 Å². The number of hydrogen-bond donors (Lipinski definition) is 0. The zero-order valence-corrected chi connectivity index (χ0v) is 12.7. The van der Waals surface area contributed by atoms with E-state index in [1.807, 2.05) is 23.0 Å². The summed E-state index contributed by atoms with van der Waals surface area (Å²) in [6, 6.07) is 8.23. The van der Waals surface area contributed by atoms with Crippen LogP contribution in [0.4, 0.5) is 0 Å². The fourth-order valence-corrected chi connectivity index (χ4v) is 3.27. The Bertz CT molecular complexity index is 751. The summed E-state index contributed by atoms with van der Waals surface area (Å²) < 4.78 is 4.20. The predicted octanol–water partition coefficient (Wildman–Crippen LogP) is 2.68. The summed E-state index contributed by atoms with van der Waals surface area (Å²) in [6.45, 7) is 4.54. The average Bonchev–Trinajstić information content (AvgIpc) is 3.22. The van der Waals surface area contributed by atoms with E-state index in [-0.39, 0.29) is 0 Å². The Morgan fingerprint density at radius 3 is 2.77 bits per heavy atom. The lowest BCUT2D eigenvalue weighted by Crippen LogP contribution is -2.32. The monoisotopic (exact) mass is 295 g/mol. The molecule has 0 spiro atoms. The van der Waals surface area contributed by atoms with Crippen LogP contribution in [0.5, 0.6) is 0 Å². The van der Waals surface area contributed by atoms with E-state index < -0.39 is 0 Å². The predicted molar refractivity (Wildman–Crippen MR) is 86.7 cm³/mol. The maximum Gasteiger partial charge on any atom is 0.158 e. The van der Waals surface area contributed by atoms with Crippen molar-refractivity contribution in [1.29, 1.82) is 0 Å². The molecule has 22 heavy (non-hydrogen) atoms. The van der Waals surface area contributed by atoms with Crippen molar-refractivity contribution in [3.8, 4) is 11.5 Å². The minimum Gasteiger partial charge on any atom is -0.328 e. The fourth-order valence-electron chi connectivity index (χ4n) is 3.27. The van der Waals surface area contributed by atoms with Crippen molar-refractivity contribution in [2.75, 3.05) is 19.6 Å². The molecule has 0 aliphatic carbocycles. The molecule has 3 aromatic heterocycles. The standard InChI is InChI=1S/C17H21N5/c1-2-10-20(11-3-1)13-14-21-12-9-18-17(21)16-6-4-5-15-7-8-19-22(15)16/h4-9,12H,1-3,10-11,13-14H2. The van der Waals surface area contributed by atoms with Gasteiger partial charge >= 0.3 is 0 Å². The normalized spacial score (nSPS) is 16.4. The van der Waals surface area contributed by atoms with Crippen LogP contribution in [0.25, 0.3) is 17.0 Å². The highest BCUT2D eigenvalue weighted by molar-refractivity contribution is 5.58. The summed E-state index contributed by atoms with van der Waals surface area (Å²) in [5.74, 6) is 0.992. The van der Waals surface area contributed by atoms with Gasteiger partial charge in [-0.05, 0) is 44.1 Å². The van der Waals surface area contributed by atoms with Crippen molar-refractivity contribution in [2.45, 2.75) is 25.8 Å². The molecule has 4 rings (SSSR count). The van der Waals surface area contributed by atoms with E-state index in [0.29, 0.717) is 0 Å². The number of nitrogens with zero attached hydrogens (tertiary/aromatic N) is 5. The minimum atomic E-state index is 0.979. The van der Waals surface area contributed by atoms with Crippen LogP contribution in [0, 0.1) is 0 Å². The maximum atomic E-state index is 4.56. The Balaban J connectivity index is 1.58. The number of pyridine rings is 1. The van der Waals surface area contributed by atoms with E-state index in [9.17, 15) is 0 Å². The lowest BCUT2D eigenvalue weighted by Gasteiger charge is -2.26. The highest BCUT2D eigenvalue weighted by Gasteiger charge is 2.13. The molecule has 0 bridgehead atoms. The van der Waals surface area contributed by atoms with E-state index in [1.165, 1.54) is 32.4 Å². The second-order valence-electron chi connectivity index (χ2n) is 5.93. The van der Waals surface area contributed by atoms with Gasteiger partial charge in [0.15, 0.2) is 5.82 Å². The smallest absolute Gasteiger partial charge is 0.158 e. The Morgan fingerprint density at radius 2 is 1.86 bits per heavy atom. The molecule has 5 nitrogen and oxygen atoms in total. The maximum absolute atomic E-state index is 4.56. The van der Waals surface area contributed by atoms with Gasteiger partial charge in [-0.3, -0.25) is 0 Å². The molecule has 0 unspecified atom stereocenters. The second-order valence-corrected chi connectivity index (χ2v) is 5.93. The molecule has 0 saturated carbocycles. The second kappa shape index (κ2) is 5.93. The van der Waals surface area contributed by atoms with Gasteiger partial charge in [0.05, 0.1) is 11.7 Å². The number of rotatable bonds is 4. The molecule has 0 amide bonds. The fraction of sp³-hybridized carbons (Fsp3) is 0.412. The van der Waals surface area contributed by atoms with Gasteiger partial charge in [0.25, 0.3) is 0 Å². The number of fused-ring (bicyclic) bond motifs is 1. The molecule has 0 atom stereocenters. The van der Waals surface area contributed by atoms with Gasteiger partial charge in [-0.25, -0.2) is 9.50 Å². The summed E-state index contributed by atoms with van der Waals surface area (Å²) in [7, 11) is 0. The Morgan fingerprint density at radius 1 is 0.955 bits per heavy atom. The van der Waals surface area contributed by atoms with Gasteiger partial charge < -0.3 is 9.47 Å². The highest BCUT2D eigenvalue weighted by Crippen LogP contribution is 2.19. The average molecular weight is 295 g/mol. The molecular formula is C17H21N5. The van der Waals surface area contributed by atoms with Crippen LogP contribution in [-0.2, 0) is 6.54 Å². The topological polar surface area (TPSA) is 38.4 Å². The summed E-state index contributed by atoms with van der Waals surface area (Å²) in [4.78, 5) is 7.12. The summed E-state index contributed by atoms with van der Waals surface area (Å²) >= 11 is 0. The van der Waals surface area contributed by atoms with Crippen LogP contribution >= 0.6 is 0 Å². The van der Waals surface area contributed by atoms with Gasteiger partial charge in [-0.1, -0.05) is 12.5 Å². The molecule has 0 radical (unpaired) electrons. The third-order valence-electron chi connectivity index (χ3n) is 4.47. The van der Waals surface area contributed by atoms with Gasteiger partial charge in [0.1, 0.15) is 5.69 Å². The van der Waals surface area contributed by atoms with Crippen LogP contribution in [0.3, 0.4) is 0 Å². The summed E-state index contributed by atoms with van der Waals surface area (Å²) in [5, 5.41) is 4.42. The number of likely N-dealkylation sites (tertiary alicyclic amines) is 1. The molecule has 1 aliphatic rings. The first-order valence-electron chi connectivity index (χ1n) is 8.08. The summed E-state index contributed by atoms with van der Waals surface area (Å²) in [5.41, 5.74) is 2.15. The molecule has 4 heterocycles. The van der Waals surface area contributed by atoms with Gasteiger partial charge in [0, 0.05) is 25.5 Å². The zero-order valence-electron chi connectivity index (χ0n) is 12.7. The largest absolute Gasteiger partial charge is 0.328 e. The molecule has 3 aromatic rings.